The van der Waals surface area contributed by atoms with Crippen molar-refractivity contribution in [3.05, 3.63) is 52.8 Å². The number of hydrogen-bond donors (Lipinski definition) is 1. The van der Waals surface area contributed by atoms with Crippen LogP contribution in [0.1, 0.15) is 28.8 Å². The zero-order chi connectivity index (χ0) is 18.0. The van der Waals surface area contributed by atoms with Gasteiger partial charge in [0.05, 0.1) is 33.7 Å². The minimum absolute atomic E-state index is 0.0324. The summed E-state index contributed by atoms with van der Waals surface area (Å²) in [5, 5.41) is 2.46. The molecule has 0 bridgehead atoms. The lowest BCUT2D eigenvalue weighted by Crippen LogP contribution is -2.19. The summed E-state index contributed by atoms with van der Waals surface area (Å²) >= 11 is 5.91. The van der Waals surface area contributed by atoms with Crippen LogP contribution in [0.2, 0.25) is 5.02 Å². The standard InChI is InChI=1S/C17H15ClF3N3O/c18-14-4-3-12(17(19,20)21)8-15(14)23-16(25)11-7-13(10-22-9-11)24-5-1-2-6-24/h3-4,7-10H,1-2,5-6H2,(H,23,25). The molecule has 2 heterocycles. The molecule has 1 aromatic carbocycles. The van der Waals surface area contributed by atoms with Gasteiger partial charge in [-0.25, -0.2) is 0 Å². The Balaban J connectivity index is 1.82. The quantitative estimate of drug-likeness (QED) is 0.859. The molecule has 8 heteroatoms. The summed E-state index contributed by atoms with van der Waals surface area (Å²) in [6, 6.07) is 4.47. The van der Waals surface area contributed by atoms with Crippen LogP contribution in [0.5, 0.6) is 0 Å². The van der Waals surface area contributed by atoms with E-state index < -0.39 is 17.6 Å². The van der Waals surface area contributed by atoms with Gasteiger partial charge < -0.3 is 10.2 Å². The summed E-state index contributed by atoms with van der Waals surface area (Å²) in [7, 11) is 0. The third-order valence-corrected chi connectivity index (χ3v) is 4.33. The van der Waals surface area contributed by atoms with Gasteiger partial charge in [0.15, 0.2) is 0 Å². The maximum Gasteiger partial charge on any atom is 0.416 e. The van der Waals surface area contributed by atoms with Crippen molar-refractivity contribution in [2.24, 2.45) is 0 Å². The predicted molar refractivity (Wildman–Crippen MR) is 90.1 cm³/mol. The summed E-state index contributed by atoms with van der Waals surface area (Å²) in [4.78, 5) is 18.6. The molecule has 1 aliphatic rings. The molecule has 1 saturated heterocycles. The van der Waals surface area contributed by atoms with E-state index in [9.17, 15) is 18.0 Å². The average Bonchev–Trinajstić information content (AvgIpc) is 3.10. The van der Waals surface area contributed by atoms with Crippen LogP contribution in [0.25, 0.3) is 0 Å². The van der Waals surface area contributed by atoms with Crippen LogP contribution >= 0.6 is 11.6 Å². The monoisotopic (exact) mass is 369 g/mol. The third kappa shape index (κ3) is 4.04. The second-order valence-corrected chi connectivity index (χ2v) is 6.18. The summed E-state index contributed by atoms with van der Waals surface area (Å²) in [6.45, 7) is 1.79. The molecular weight excluding hydrogens is 355 g/mol. The summed E-state index contributed by atoms with van der Waals surface area (Å²) in [5.41, 5.74) is 0.113. The first-order valence-electron chi connectivity index (χ1n) is 7.73. The Morgan fingerprint density at radius 3 is 2.56 bits per heavy atom. The molecule has 2 aromatic rings. The largest absolute Gasteiger partial charge is 0.416 e. The number of hydrogen-bond acceptors (Lipinski definition) is 3. The van der Waals surface area contributed by atoms with Crippen molar-refractivity contribution in [3.8, 4) is 0 Å². The molecule has 1 aliphatic heterocycles. The lowest BCUT2D eigenvalue weighted by molar-refractivity contribution is -0.137. The summed E-state index contributed by atoms with van der Waals surface area (Å²) in [6.07, 6.45) is 0.684. The molecule has 25 heavy (non-hydrogen) atoms. The number of alkyl halides is 3. The molecule has 1 aromatic heterocycles. The number of nitrogens with one attached hydrogen (secondary N) is 1. The Kier molecular flexibility index (Phi) is 4.85. The first-order chi connectivity index (χ1) is 11.8. The number of halogens is 4. The molecule has 1 N–H and O–H groups in total. The van der Waals surface area contributed by atoms with E-state index in [-0.39, 0.29) is 16.3 Å². The van der Waals surface area contributed by atoms with E-state index in [1.807, 2.05) is 0 Å². The fourth-order valence-corrected chi connectivity index (χ4v) is 2.86. The Morgan fingerprint density at radius 1 is 1.16 bits per heavy atom. The number of amides is 1. The highest BCUT2D eigenvalue weighted by molar-refractivity contribution is 6.34. The van der Waals surface area contributed by atoms with Crippen LogP contribution in [-0.4, -0.2) is 24.0 Å². The number of rotatable bonds is 3. The molecule has 0 atom stereocenters. The molecule has 0 aliphatic carbocycles. The first kappa shape index (κ1) is 17.5. The second kappa shape index (κ2) is 6.92. The van der Waals surface area contributed by atoms with E-state index >= 15 is 0 Å². The minimum Gasteiger partial charge on any atom is -0.370 e. The minimum atomic E-state index is -4.51. The number of nitrogens with zero attached hydrogens (tertiary/aromatic N) is 2. The van der Waals surface area contributed by atoms with Gasteiger partial charge in [-0.3, -0.25) is 9.78 Å². The molecule has 0 unspecified atom stereocenters. The Morgan fingerprint density at radius 2 is 1.88 bits per heavy atom. The van der Waals surface area contributed by atoms with Crippen molar-refractivity contribution >= 4 is 28.9 Å². The fraction of sp³-hybridized carbons (Fsp3) is 0.294. The van der Waals surface area contributed by atoms with E-state index in [0.717, 1.165) is 49.8 Å². The van der Waals surface area contributed by atoms with Gasteiger partial charge >= 0.3 is 6.18 Å². The molecule has 132 valence electrons. The van der Waals surface area contributed by atoms with Gasteiger partial charge in [0.25, 0.3) is 5.91 Å². The molecule has 1 amide bonds. The van der Waals surface area contributed by atoms with Crippen LogP contribution in [0, 0.1) is 0 Å². The highest BCUT2D eigenvalue weighted by Gasteiger charge is 2.31. The average molecular weight is 370 g/mol. The van der Waals surface area contributed by atoms with Crippen molar-refractivity contribution < 1.29 is 18.0 Å². The summed E-state index contributed by atoms with van der Waals surface area (Å²) in [5.74, 6) is -0.560. The molecule has 4 nitrogen and oxygen atoms in total. The highest BCUT2D eigenvalue weighted by Crippen LogP contribution is 2.34. The smallest absolute Gasteiger partial charge is 0.370 e. The molecule has 3 rings (SSSR count). The van der Waals surface area contributed by atoms with E-state index in [2.05, 4.69) is 15.2 Å². The van der Waals surface area contributed by atoms with Crippen molar-refractivity contribution in [1.82, 2.24) is 4.98 Å². The molecule has 1 fully saturated rings. The topological polar surface area (TPSA) is 45.2 Å². The van der Waals surface area contributed by atoms with E-state index in [4.69, 9.17) is 11.6 Å². The zero-order valence-electron chi connectivity index (χ0n) is 13.1. The van der Waals surface area contributed by atoms with Crippen LogP contribution in [0.15, 0.2) is 36.7 Å². The van der Waals surface area contributed by atoms with Gasteiger partial charge in [-0.05, 0) is 37.1 Å². The first-order valence-corrected chi connectivity index (χ1v) is 8.10. The van der Waals surface area contributed by atoms with Crippen LogP contribution in [0.3, 0.4) is 0 Å². The fourth-order valence-electron chi connectivity index (χ4n) is 2.69. The lowest BCUT2D eigenvalue weighted by Gasteiger charge is -2.17. The van der Waals surface area contributed by atoms with E-state index in [1.54, 1.807) is 12.3 Å². The summed E-state index contributed by atoms with van der Waals surface area (Å²) < 4.78 is 38.4. The van der Waals surface area contributed by atoms with Gasteiger partial charge in [0.2, 0.25) is 0 Å². The number of carbonyl (C=O) groups excluding carboxylic acids is 1. The predicted octanol–water partition coefficient (Wildman–Crippen LogP) is 4.61. The maximum absolute atomic E-state index is 12.8. The number of anilines is 2. The van der Waals surface area contributed by atoms with Crippen molar-refractivity contribution in [2.75, 3.05) is 23.3 Å². The Bertz CT molecular complexity index is 789. The van der Waals surface area contributed by atoms with Gasteiger partial charge in [0, 0.05) is 19.3 Å². The number of carbonyl (C=O) groups is 1. The molecule has 0 radical (unpaired) electrons. The van der Waals surface area contributed by atoms with Crippen LogP contribution in [-0.2, 0) is 6.18 Å². The number of benzene rings is 1. The molecular formula is C17H15ClF3N3O. The maximum atomic E-state index is 12.8. The van der Waals surface area contributed by atoms with E-state index in [0.29, 0.717) is 0 Å². The third-order valence-electron chi connectivity index (χ3n) is 4.00. The Labute approximate surface area is 147 Å². The lowest BCUT2D eigenvalue weighted by atomic mass is 10.1. The molecule has 0 saturated carbocycles. The van der Waals surface area contributed by atoms with Gasteiger partial charge in [0.1, 0.15) is 0 Å². The van der Waals surface area contributed by atoms with E-state index in [1.165, 1.54) is 6.20 Å². The van der Waals surface area contributed by atoms with Crippen molar-refractivity contribution in [2.45, 2.75) is 19.0 Å². The number of aromatic nitrogens is 1. The number of pyridine rings is 1. The normalized spacial score (nSPS) is 14.6. The zero-order valence-corrected chi connectivity index (χ0v) is 13.9. The van der Waals surface area contributed by atoms with Crippen LogP contribution in [0.4, 0.5) is 24.5 Å². The highest BCUT2D eigenvalue weighted by atomic mass is 35.5. The van der Waals surface area contributed by atoms with Crippen molar-refractivity contribution in [1.29, 1.82) is 0 Å². The Hall–Kier alpha value is -2.28. The van der Waals surface area contributed by atoms with Gasteiger partial charge in [-0.15, -0.1) is 0 Å². The van der Waals surface area contributed by atoms with Crippen molar-refractivity contribution in [3.63, 3.8) is 0 Å². The van der Waals surface area contributed by atoms with Gasteiger partial charge in [-0.1, -0.05) is 11.6 Å². The second-order valence-electron chi connectivity index (χ2n) is 5.77. The molecule has 0 spiro atoms. The van der Waals surface area contributed by atoms with Crippen LogP contribution < -0.4 is 10.2 Å². The van der Waals surface area contributed by atoms with Gasteiger partial charge in [-0.2, -0.15) is 13.2 Å². The SMILES string of the molecule is O=C(Nc1cc(C(F)(F)F)ccc1Cl)c1cncc(N2CCCC2)c1.